The minimum Gasteiger partial charge on any atom is -0.357 e. The Labute approximate surface area is 201 Å². The number of fused-ring (bicyclic) bond motifs is 1. The molecule has 170 valence electrons. The molecule has 1 N–H and O–H groups in total. The molecule has 0 aliphatic carbocycles. The molecule has 0 atom stereocenters. The summed E-state index contributed by atoms with van der Waals surface area (Å²) in [7, 11) is 1.91. The van der Waals surface area contributed by atoms with E-state index in [0.717, 1.165) is 46.1 Å². The van der Waals surface area contributed by atoms with Gasteiger partial charge in [0.15, 0.2) is 10.7 Å². The van der Waals surface area contributed by atoms with Gasteiger partial charge in [-0.2, -0.15) is 5.10 Å². The van der Waals surface area contributed by atoms with Gasteiger partial charge in [0.25, 0.3) is 5.91 Å². The first-order chi connectivity index (χ1) is 16.1. The first-order valence-electron chi connectivity index (χ1n) is 11.2. The van der Waals surface area contributed by atoms with Crippen molar-refractivity contribution in [1.29, 1.82) is 0 Å². The van der Waals surface area contributed by atoms with Crippen molar-refractivity contribution in [2.45, 2.75) is 32.2 Å². The van der Waals surface area contributed by atoms with E-state index in [1.165, 1.54) is 37.0 Å². The van der Waals surface area contributed by atoms with Crippen molar-refractivity contribution >= 4 is 45.7 Å². The Bertz CT molecular complexity index is 1270. The molecule has 0 spiro atoms. The largest absolute Gasteiger partial charge is 0.357 e. The number of hydrogen-bond acceptors (Lipinski definition) is 6. The van der Waals surface area contributed by atoms with Gasteiger partial charge < -0.3 is 10.2 Å². The van der Waals surface area contributed by atoms with E-state index in [1.807, 2.05) is 36.0 Å². The lowest BCUT2D eigenvalue weighted by atomic mass is 10.2. The summed E-state index contributed by atoms with van der Waals surface area (Å²) in [6.45, 7) is 2.51. The van der Waals surface area contributed by atoms with E-state index in [9.17, 15) is 4.79 Å². The molecule has 3 aromatic heterocycles. The van der Waals surface area contributed by atoms with Gasteiger partial charge in [-0.05, 0) is 42.7 Å². The van der Waals surface area contributed by atoms with Gasteiger partial charge >= 0.3 is 0 Å². The lowest BCUT2D eigenvalue weighted by Crippen LogP contribution is -2.24. The monoisotopic (exact) mass is 480 g/mol. The third-order valence-electron chi connectivity index (χ3n) is 5.90. The predicted molar refractivity (Wildman–Crippen MR) is 133 cm³/mol. The van der Waals surface area contributed by atoms with Crippen LogP contribution in [0.1, 0.15) is 41.0 Å². The highest BCUT2D eigenvalue weighted by Crippen LogP contribution is 2.32. The average Bonchev–Trinajstić information content (AvgIpc) is 3.33. The van der Waals surface area contributed by atoms with Crippen LogP contribution < -0.4 is 10.2 Å². The van der Waals surface area contributed by atoms with Crippen molar-refractivity contribution in [1.82, 2.24) is 25.1 Å². The number of nitrogens with zero attached hydrogens (tertiary/aromatic N) is 5. The maximum Gasteiger partial charge on any atom is 0.280 e. The standard InChI is InChI=1S/C24H25ClN6OS/c1-30-22-18(10-11-20(28-22)31-12-4-2-3-5-13-31)21(29-30)19-15-27-24(33-19)23(32)26-14-16-6-8-17(25)9-7-16/h6-11,15H,2-5,12-14H2,1H3,(H,26,32). The van der Waals surface area contributed by atoms with E-state index in [-0.39, 0.29) is 5.91 Å². The number of nitrogens with one attached hydrogen (secondary N) is 1. The number of carbonyl (C=O) groups excluding carboxylic acids is 1. The summed E-state index contributed by atoms with van der Waals surface area (Å²) in [6.07, 6.45) is 6.71. The third kappa shape index (κ3) is 4.72. The molecule has 0 bridgehead atoms. The van der Waals surface area contributed by atoms with Crippen LogP contribution in [0.3, 0.4) is 0 Å². The van der Waals surface area contributed by atoms with E-state index in [2.05, 4.69) is 27.3 Å². The molecule has 1 aliphatic heterocycles. The van der Waals surface area contributed by atoms with Crippen LogP contribution in [0.5, 0.6) is 0 Å². The van der Waals surface area contributed by atoms with Gasteiger partial charge in [-0.1, -0.05) is 36.6 Å². The molecule has 1 aromatic carbocycles. The topological polar surface area (TPSA) is 75.9 Å². The number of hydrogen-bond donors (Lipinski definition) is 1. The van der Waals surface area contributed by atoms with Crippen LogP contribution in [0.2, 0.25) is 5.02 Å². The number of amides is 1. The normalized spacial score (nSPS) is 14.4. The van der Waals surface area contributed by atoms with Crippen LogP contribution in [-0.4, -0.2) is 38.7 Å². The fourth-order valence-electron chi connectivity index (χ4n) is 4.13. The maximum absolute atomic E-state index is 12.6. The summed E-state index contributed by atoms with van der Waals surface area (Å²) in [6, 6.07) is 11.6. The quantitative estimate of drug-likeness (QED) is 0.432. The van der Waals surface area contributed by atoms with Gasteiger partial charge in [-0.15, -0.1) is 11.3 Å². The Morgan fingerprint density at radius 1 is 1.09 bits per heavy atom. The molecule has 4 heterocycles. The first-order valence-corrected chi connectivity index (χ1v) is 12.4. The van der Waals surface area contributed by atoms with Gasteiger partial charge in [0.2, 0.25) is 0 Å². The number of rotatable bonds is 5. The van der Waals surface area contributed by atoms with Crippen molar-refractivity contribution < 1.29 is 4.79 Å². The van der Waals surface area contributed by atoms with E-state index in [4.69, 9.17) is 21.7 Å². The van der Waals surface area contributed by atoms with Crippen molar-refractivity contribution in [3.05, 3.63) is 58.2 Å². The molecule has 1 fully saturated rings. The second-order valence-corrected chi connectivity index (χ2v) is 9.72. The molecule has 5 rings (SSSR count). The van der Waals surface area contributed by atoms with Crippen LogP contribution in [0.15, 0.2) is 42.6 Å². The highest BCUT2D eigenvalue weighted by atomic mass is 35.5. The minimum atomic E-state index is -0.206. The average molecular weight is 481 g/mol. The highest BCUT2D eigenvalue weighted by Gasteiger charge is 2.19. The summed E-state index contributed by atoms with van der Waals surface area (Å²) in [5, 5.41) is 9.66. The summed E-state index contributed by atoms with van der Waals surface area (Å²) >= 11 is 7.26. The zero-order valence-corrected chi connectivity index (χ0v) is 20.0. The van der Waals surface area contributed by atoms with Gasteiger partial charge in [0.05, 0.1) is 4.88 Å². The molecule has 4 aromatic rings. The molecule has 0 radical (unpaired) electrons. The number of anilines is 1. The van der Waals surface area contributed by atoms with Gasteiger partial charge in [-0.3, -0.25) is 4.79 Å². The summed E-state index contributed by atoms with van der Waals surface area (Å²) in [5.41, 5.74) is 2.62. The molecule has 0 unspecified atom stereocenters. The number of aromatic nitrogens is 4. The number of pyridine rings is 1. The lowest BCUT2D eigenvalue weighted by molar-refractivity contribution is 0.0950. The second-order valence-electron chi connectivity index (χ2n) is 8.25. The van der Waals surface area contributed by atoms with Crippen LogP contribution in [0, 0.1) is 0 Å². The van der Waals surface area contributed by atoms with E-state index >= 15 is 0 Å². The third-order valence-corrected chi connectivity index (χ3v) is 7.16. The maximum atomic E-state index is 12.6. The number of benzene rings is 1. The number of thiazole rings is 1. The molecular weight excluding hydrogens is 456 g/mol. The minimum absolute atomic E-state index is 0.206. The van der Waals surface area contributed by atoms with Crippen LogP contribution >= 0.6 is 22.9 Å². The van der Waals surface area contributed by atoms with Crippen LogP contribution in [0.25, 0.3) is 21.6 Å². The van der Waals surface area contributed by atoms with Crippen molar-refractivity contribution in [2.24, 2.45) is 7.05 Å². The molecule has 33 heavy (non-hydrogen) atoms. The zero-order chi connectivity index (χ0) is 22.8. The second kappa shape index (κ2) is 9.49. The van der Waals surface area contributed by atoms with E-state index < -0.39 is 0 Å². The molecule has 1 saturated heterocycles. The zero-order valence-electron chi connectivity index (χ0n) is 18.4. The lowest BCUT2D eigenvalue weighted by Gasteiger charge is -2.21. The summed E-state index contributed by atoms with van der Waals surface area (Å²) < 4.78 is 1.81. The Morgan fingerprint density at radius 3 is 2.61 bits per heavy atom. The SMILES string of the molecule is Cn1nc(-c2cnc(C(=O)NCc3ccc(Cl)cc3)s2)c2ccc(N3CCCCCC3)nc21. The predicted octanol–water partition coefficient (Wildman–Crippen LogP) is 5.06. The smallest absolute Gasteiger partial charge is 0.280 e. The Kier molecular flexibility index (Phi) is 6.28. The summed E-state index contributed by atoms with van der Waals surface area (Å²) in [4.78, 5) is 25.1. The van der Waals surface area contributed by atoms with Crippen LogP contribution in [0.4, 0.5) is 5.82 Å². The van der Waals surface area contributed by atoms with Crippen molar-refractivity contribution in [2.75, 3.05) is 18.0 Å². The Morgan fingerprint density at radius 2 is 1.85 bits per heavy atom. The number of carbonyl (C=O) groups is 1. The molecule has 1 amide bonds. The Balaban J connectivity index is 1.35. The first kappa shape index (κ1) is 21.9. The molecular formula is C24H25ClN6OS. The molecule has 9 heteroatoms. The van der Waals surface area contributed by atoms with Crippen molar-refractivity contribution in [3.63, 3.8) is 0 Å². The summed E-state index contributed by atoms with van der Waals surface area (Å²) in [5.74, 6) is 0.800. The van der Waals surface area contributed by atoms with E-state index in [1.54, 1.807) is 6.20 Å². The highest BCUT2D eigenvalue weighted by molar-refractivity contribution is 7.17. The van der Waals surface area contributed by atoms with Gasteiger partial charge in [0.1, 0.15) is 11.5 Å². The Hall–Kier alpha value is -2.97. The molecule has 7 nitrogen and oxygen atoms in total. The van der Waals surface area contributed by atoms with E-state index in [0.29, 0.717) is 16.6 Å². The fourth-order valence-corrected chi connectivity index (χ4v) is 5.09. The van der Waals surface area contributed by atoms with Gasteiger partial charge in [0, 0.05) is 43.3 Å². The number of aryl methyl sites for hydroxylation is 1. The van der Waals surface area contributed by atoms with Crippen LogP contribution in [-0.2, 0) is 13.6 Å². The van der Waals surface area contributed by atoms with Crippen molar-refractivity contribution in [3.8, 4) is 10.6 Å². The molecule has 0 saturated carbocycles. The fraction of sp³-hybridized carbons (Fsp3) is 0.333. The molecule has 1 aliphatic rings. The number of halogens is 1. The van der Waals surface area contributed by atoms with Gasteiger partial charge in [-0.25, -0.2) is 14.6 Å².